The van der Waals surface area contributed by atoms with Crippen molar-refractivity contribution in [3.05, 3.63) is 53.1 Å². The fourth-order valence-corrected chi connectivity index (χ4v) is 2.93. The fourth-order valence-electron chi connectivity index (χ4n) is 1.93. The van der Waals surface area contributed by atoms with E-state index in [1.165, 1.54) is 30.0 Å². The molecule has 0 fully saturated rings. The summed E-state index contributed by atoms with van der Waals surface area (Å²) in [5.74, 6) is -0.348. The number of anilines is 1. The SMILES string of the molecule is Cc1ccccc1SCC(=O)Nc1cc(Cl)ccc1OCC(F)(F)F. The monoisotopic (exact) mass is 389 g/mol. The molecule has 1 N–H and O–H groups in total. The molecule has 0 saturated carbocycles. The Morgan fingerprint density at radius 2 is 1.96 bits per heavy atom. The first-order valence-electron chi connectivity index (χ1n) is 7.22. The van der Waals surface area contributed by atoms with Gasteiger partial charge in [-0.2, -0.15) is 13.2 Å². The molecule has 0 bridgehead atoms. The molecule has 2 aromatic rings. The van der Waals surface area contributed by atoms with Crippen LogP contribution in [0.4, 0.5) is 18.9 Å². The van der Waals surface area contributed by atoms with Gasteiger partial charge >= 0.3 is 6.18 Å². The number of carbonyl (C=O) groups is 1. The van der Waals surface area contributed by atoms with Gasteiger partial charge < -0.3 is 10.1 Å². The summed E-state index contributed by atoms with van der Waals surface area (Å²) in [5, 5.41) is 2.82. The number of thioether (sulfide) groups is 1. The molecule has 0 aliphatic carbocycles. The highest BCUT2D eigenvalue weighted by Crippen LogP contribution is 2.30. The summed E-state index contributed by atoms with van der Waals surface area (Å²) in [6.45, 7) is 0.482. The highest BCUT2D eigenvalue weighted by Gasteiger charge is 2.29. The van der Waals surface area contributed by atoms with Crippen molar-refractivity contribution in [2.45, 2.75) is 18.0 Å². The molecule has 25 heavy (non-hydrogen) atoms. The van der Waals surface area contributed by atoms with Crippen LogP contribution in [0.5, 0.6) is 5.75 Å². The number of hydrogen-bond acceptors (Lipinski definition) is 3. The molecule has 8 heteroatoms. The van der Waals surface area contributed by atoms with Crippen LogP contribution in [0.25, 0.3) is 0 Å². The molecule has 0 unspecified atom stereocenters. The molecule has 134 valence electrons. The number of alkyl halides is 3. The van der Waals surface area contributed by atoms with Gasteiger partial charge in [0.05, 0.1) is 11.4 Å². The normalized spacial score (nSPS) is 11.2. The summed E-state index contributed by atoms with van der Waals surface area (Å²) in [6.07, 6.45) is -4.47. The summed E-state index contributed by atoms with van der Waals surface area (Å²) in [6, 6.07) is 11.6. The second-order valence-corrected chi connectivity index (χ2v) is 6.60. The molecular formula is C17H15ClF3NO2S. The Morgan fingerprint density at radius 1 is 1.24 bits per heavy atom. The standard InChI is InChI=1S/C17H15ClF3NO2S/c1-11-4-2-3-5-15(11)25-9-16(23)22-13-8-12(18)6-7-14(13)24-10-17(19,20)21/h2-8H,9-10H2,1H3,(H,22,23). The van der Waals surface area contributed by atoms with Gasteiger partial charge in [-0.1, -0.05) is 29.8 Å². The van der Waals surface area contributed by atoms with Crippen molar-refractivity contribution in [1.82, 2.24) is 0 Å². The highest BCUT2D eigenvalue weighted by atomic mass is 35.5. The van der Waals surface area contributed by atoms with E-state index in [1.54, 1.807) is 0 Å². The lowest BCUT2D eigenvalue weighted by molar-refractivity contribution is -0.153. The van der Waals surface area contributed by atoms with E-state index in [0.29, 0.717) is 0 Å². The third kappa shape index (κ3) is 6.51. The van der Waals surface area contributed by atoms with Crippen LogP contribution >= 0.6 is 23.4 Å². The minimum absolute atomic E-state index is 0.0871. The Bertz CT molecular complexity index is 753. The lowest BCUT2D eigenvalue weighted by Crippen LogP contribution is -2.20. The molecular weight excluding hydrogens is 375 g/mol. The second-order valence-electron chi connectivity index (χ2n) is 5.15. The maximum Gasteiger partial charge on any atom is 0.422 e. The number of carbonyl (C=O) groups excluding carboxylic acids is 1. The van der Waals surface area contributed by atoms with E-state index in [-0.39, 0.29) is 28.1 Å². The lowest BCUT2D eigenvalue weighted by atomic mass is 10.2. The van der Waals surface area contributed by atoms with Gasteiger partial charge in [-0.05, 0) is 36.8 Å². The smallest absolute Gasteiger partial charge is 0.422 e. The van der Waals surface area contributed by atoms with Crippen molar-refractivity contribution in [3.63, 3.8) is 0 Å². The average Bonchev–Trinajstić information content (AvgIpc) is 2.52. The van der Waals surface area contributed by atoms with E-state index in [0.717, 1.165) is 10.5 Å². The number of halogens is 4. The largest absolute Gasteiger partial charge is 0.482 e. The van der Waals surface area contributed by atoms with Crippen molar-refractivity contribution in [2.24, 2.45) is 0 Å². The van der Waals surface area contributed by atoms with Gasteiger partial charge in [-0.3, -0.25) is 4.79 Å². The number of hydrogen-bond donors (Lipinski definition) is 1. The molecule has 0 aromatic heterocycles. The number of benzene rings is 2. The van der Waals surface area contributed by atoms with Crippen molar-refractivity contribution in [2.75, 3.05) is 17.7 Å². The van der Waals surface area contributed by atoms with Gasteiger partial charge in [0.15, 0.2) is 6.61 Å². The number of nitrogens with one attached hydrogen (secondary N) is 1. The average molecular weight is 390 g/mol. The van der Waals surface area contributed by atoms with Crippen molar-refractivity contribution in [1.29, 1.82) is 0 Å². The molecule has 2 aromatic carbocycles. The zero-order chi connectivity index (χ0) is 18.4. The van der Waals surface area contributed by atoms with Crippen LogP contribution < -0.4 is 10.1 Å². The molecule has 0 radical (unpaired) electrons. The van der Waals surface area contributed by atoms with Gasteiger partial charge in [0, 0.05) is 9.92 Å². The quantitative estimate of drug-likeness (QED) is 0.679. The van der Waals surface area contributed by atoms with Gasteiger partial charge in [-0.25, -0.2) is 0 Å². The van der Waals surface area contributed by atoms with Crippen LogP contribution in [0.15, 0.2) is 47.4 Å². The Morgan fingerprint density at radius 3 is 2.64 bits per heavy atom. The van der Waals surface area contributed by atoms with Crippen LogP contribution in [0.2, 0.25) is 5.02 Å². The molecule has 0 aliphatic rings. The predicted molar refractivity (Wildman–Crippen MR) is 93.5 cm³/mol. The summed E-state index contributed by atoms with van der Waals surface area (Å²) in [4.78, 5) is 13.1. The maximum atomic E-state index is 12.3. The summed E-state index contributed by atoms with van der Waals surface area (Å²) >= 11 is 7.19. The number of aryl methyl sites for hydroxylation is 1. The number of ether oxygens (including phenoxy) is 1. The molecule has 0 heterocycles. The maximum absolute atomic E-state index is 12.3. The first kappa shape index (κ1) is 19.5. The Kier molecular flexibility index (Phi) is 6.61. The third-order valence-corrected chi connectivity index (χ3v) is 4.47. The molecule has 0 atom stereocenters. The van der Waals surface area contributed by atoms with E-state index in [9.17, 15) is 18.0 Å². The first-order valence-corrected chi connectivity index (χ1v) is 8.58. The molecule has 0 aliphatic heterocycles. The molecule has 1 amide bonds. The molecule has 0 saturated heterocycles. The zero-order valence-corrected chi connectivity index (χ0v) is 14.8. The van der Waals surface area contributed by atoms with Crippen LogP contribution in [-0.4, -0.2) is 24.4 Å². The van der Waals surface area contributed by atoms with Gasteiger partial charge in [0.25, 0.3) is 0 Å². The van der Waals surface area contributed by atoms with E-state index in [2.05, 4.69) is 5.32 Å². The van der Waals surface area contributed by atoms with Crippen LogP contribution in [0, 0.1) is 6.92 Å². The van der Waals surface area contributed by atoms with E-state index in [1.807, 2.05) is 31.2 Å². The second kappa shape index (κ2) is 8.49. The Labute approximate surface area is 152 Å². The Balaban J connectivity index is 2.01. The van der Waals surface area contributed by atoms with Crippen LogP contribution in [0.1, 0.15) is 5.56 Å². The minimum atomic E-state index is -4.47. The molecule has 0 spiro atoms. The molecule has 2 rings (SSSR count). The van der Waals surface area contributed by atoms with E-state index in [4.69, 9.17) is 16.3 Å². The van der Waals surface area contributed by atoms with Crippen LogP contribution in [0.3, 0.4) is 0 Å². The fraction of sp³-hybridized carbons (Fsp3) is 0.235. The number of amides is 1. The third-order valence-electron chi connectivity index (χ3n) is 3.06. The van der Waals surface area contributed by atoms with Gasteiger partial charge in [0.1, 0.15) is 5.75 Å². The van der Waals surface area contributed by atoms with Crippen LogP contribution in [-0.2, 0) is 4.79 Å². The predicted octanol–water partition coefficient (Wildman–Crippen LogP) is 5.32. The van der Waals surface area contributed by atoms with Gasteiger partial charge in [-0.15, -0.1) is 11.8 Å². The Hall–Kier alpha value is -1.86. The lowest BCUT2D eigenvalue weighted by Gasteiger charge is -2.14. The zero-order valence-electron chi connectivity index (χ0n) is 13.2. The van der Waals surface area contributed by atoms with E-state index < -0.39 is 12.8 Å². The van der Waals surface area contributed by atoms with Gasteiger partial charge in [0.2, 0.25) is 5.91 Å². The number of rotatable bonds is 6. The summed E-state index contributed by atoms with van der Waals surface area (Å²) < 4.78 is 41.7. The summed E-state index contributed by atoms with van der Waals surface area (Å²) in [7, 11) is 0. The topological polar surface area (TPSA) is 38.3 Å². The van der Waals surface area contributed by atoms with Crippen molar-refractivity contribution < 1.29 is 22.7 Å². The highest BCUT2D eigenvalue weighted by molar-refractivity contribution is 8.00. The van der Waals surface area contributed by atoms with Crippen molar-refractivity contribution in [3.8, 4) is 5.75 Å². The van der Waals surface area contributed by atoms with Crippen molar-refractivity contribution >= 4 is 35.0 Å². The first-order chi connectivity index (χ1) is 11.7. The molecule has 3 nitrogen and oxygen atoms in total. The van der Waals surface area contributed by atoms with E-state index >= 15 is 0 Å². The summed E-state index contributed by atoms with van der Waals surface area (Å²) in [5.41, 5.74) is 1.14. The minimum Gasteiger partial charge on any atom is -0.482 e.